The van der Waals surface area contributed by atoms with Crippen molar-refractivity contribution in [2.75, 3.05) is 0 Å². The minimum Gasteiger partial charge on any atom is -0.0619 e. The average molecular weight is 417 g/mol. The monoisotopic (exact) mass is 420 g/mol. The smallest absolute Gasteiger partial charge is 0.00135 e. The van der Waals surface area contributed by atoms with E-state index >= 15 is 0 Å². The van der Waals surface area contributed by atoms with Gasteiger partial charge in [0.15, 0.2) is 0 Å². The summed E-state index contributed by atoms with van der Waals surface area (Å²) in [4.78, 5) is 0. The maximum absolute atomic E-state index is 2.22. The fraction of sp³-hybridized carbons (Fsp3) is 0.0769. The van der Waals surface area contributed by atoms with Gasteiger partial charge >= 0.3 is 47.6 Å². The molecule has 0 aromatic heterocycles. The second-order valence-corrected chi connectivity index (χ2v) is 3.49. The van der Waals surface area contributed by atoms with Crippen LogP contribution in [-0.2, 0) is 6.42 Å². The number of rotatable bonds is 0. The first-order chi connectivity index (χ1) is 6.45. The topological polar surface area (TPSA) is 0 Å². The van der Waals surface area contributed by atoms with Crippen LogP contribution in [0.25, 0.3) is 11.1 Å². The Labute approximate surface area is 124 Å². The molecule has 0 unspecified atom stereocenters. The predicted octanol–water partition coefficient (Wildman–Crippen LogP) is 1.43. The van der Waals surface area contributed by atoms with E-state index in [-0.39, 0.29) is 47.6 Å². The van der Waals surface area contributed by atoms with Gasteiger partial charge in [-0.1, -0.05) is 48.5 Å². The molecule has 0 atom stereocenters. The van der Waals surface area contributed by atoms with Gasteiger partial charge in [-0.05, 0) is 28.7 Å². The summed E-state index contributed by atoms with van der Waals surface area (Å²) in [6.45, 7) is 0. The molecule has 1 aliphatic carbocycles. The van der Waals surface area contributed by atoms with Crippen LogP contribution in [-0.4, -0.2) is 47.6 Å². The fourth-order valence-electron chi connectivity index (χ4n) is 2.08. The molecule has 0 spiro atoms. The van der Waals surface area contributed by atoms with E-state index in [9.17, 15) is 0 Å². The van der Waals surface area contributed by atoms with Gasteiger partial charge in [-0.15, -0.1) is 0 Å². The Morgan fingerprint density at radius 1 is 0.667 bits per heavy atom. The van der Waals surface area contributed by atoms with Crippen LogP contribution in [0.2, 0.25) is 0 Å². The first kappa shape index (κ1) is 13.1. The number of hydrogen-bond donors (Lipinski definition) is 0. The summed E-state index contributed by atoms with van der Waals surface area (Å²) >= 11 is 0. The summed E-state index contributed by atoms with van der Waals surface area (Å²) < 4.78 is 0. The van der Waals surface area contributed by atoms with Crippen LogP contribution in [0.3, 0.4) is 0 Å². The minimum absolute atomic E-state index is 0. The van der Waals surface area contributed by atoms with E-state index in [2.05, 4.69) is 48.5 Å². The molecular formula is C13H14SnTe. The predicted molar refractivity (Wildman–Crippen MR) is 71.8 cm³/mol. The van der Waals surface area contributed by atoms with Crippen LogP contribution >= 0.6 is 0 Å². The molecule has 0 N–H and O–H groups in total. The SMILES string of the molecule is [SnH2].[TeH2].c1ccc2c(c1)Cc1ccccc1-2. The van der Waals surface area contributed by atoms with E-state index in [4.69, 9.17) is 0 Å². The van der Waals surface area contributed by atoms with Gasteiger partial charge in [0.2, 0.25) is 0 Å². The second kappa shape index (κ2) is 5.38. The molecule has 2 radical (unpaired) electrons. The maximum Gasteiger partial charge on any atom is -0.00135 e. The molecule has 2 aromatic carbocycles. The molecule has 15 heavy (non-hydrogen) atoms. The molecule has 2 aromatic rings. The van der Waals surface area contributed by atoms with E-state index < -0.39 is 0 Å². The summed E-state index contributed by atoms with van der Waals surface area (Å²) in [5.41, 5.74) is 5.75. The molecule has 0 fully saturated rings. The first-order valence-corrected chi connectivity index (χ1v) is 4.61. The Morgan fingerprint density at radius 2 is 1.07 bits per heavy atom. The van der Waals surface area contributed by atoms with Crippen molar-refractivity contribution in [1.82, 2.24) is 0 Å². The Kier molecular flexibility index (Phi) is 4.70. The molecule has 0 amide bonds. The Morgan fingerprint density at radius 3 is 1.53 bits per heavy atom. The van der Waals surface area contributed by atoms with Crippen LogP contribution in [0.15, 0.2) is 48.5 Å². The van der Waals surface area contributed by atoms with Crippen molar-refractivity contribution in [3.8, 4) is 11.1 Å². The maximum atomic E-state index is 2.22. The van der Waals surface area contributed by atoms with Crippen molar-refractivity contribution in [1.29, 1.82) is 0 Å². The normalized spacial score (nSPS) is 10.7. The molecule has 1 aliphatic rings. The van der Waals surface area contributed by atoms with E-state index in [1.807, 2.05) is 0 Å². The third-order valence-corrected chi connectivity index (χ3v) is 2.71. The van der Waals surface area contributed by atoms with Crippen LogP contribution in [0, 0.1) is 0 Å². The van der Waals surface area contributed by atoms with Crippen molar-refractivity contribution in [2.45, 2.75) is 6.42 Å². The second-order valence-electron chi connectivity index (χ2n) is 3.49. The summed E-state index contributed by atoms with van der Waals surface area (Å²) in [5, 5.41) is 0. The van der Waals surface area contributed by atoms with Crippen molar-refractivity contribution in [3.05, 3.63) is 59.7 Å². The number of hydrogen-bond acceptors (Lipinski definition) is 0. The molecule has 0 bridgehead atoms. The minimum atomic E-state index is 0. The van der Waals surface area contributed by atoms with Gasteiger partial charge in [0, 0.05) is 0 Å². The van der Waals surface area contributed by atoms with Gasteiger partial charge < -0.3 is 0 Å². The van der Waals surface area contributed by atoms with Gasteiger partial charge in [0.05, 0.1) is 0 Å². The zero-order valence-corrected chi connectivity index (χ0v) is 15.4. The molecule has 0 saturated carbocycles. The van der Waals surface area contributed by atoms with Crippen molar-refractivity contribution < 1.29 is 0 Å². The van der Waals surface area contributed by atoms with Gasteiger partial charge in [0.25, 0.3) is 0 Å². The molecule has 76 valence electrons. The quantitative estimate of drug-likeness (QED) is 0.487. The van der Waals surface area contributed by atoms with Gasteiger partial charge in [0.1, 0.15) is 0 Å². The number of benzene rings is 2. The fourth-order valence-corrected chi connectivity index (χ4v) is 2.08. The van der Waals surface area contributed by atoms with Crippen LogP contribution < -0.4 is 0 Å². The molecule has 0 heterocycles. The van der Waals surface area contributed by atoms with E-state index in [1.165, 1.54) is 22.3 Å². The standard InChI is InChI=1S/C13H10.Sn.H2Te.2H/c1-3-7-12-10(5-1)9-11-6-2-4-8-13(11)12;;;;/h1-8H,9H2;;1H2;;. The van der Waals surface area contributed by atoms with Gasteiger partial charge in [-0.25, -0.2) is 0 Å². The van der Waals surface area contributed by atoms with Gasteiger partial charge in [-0.3, -0.25) is 0 Å². The summed E-state index contributed by atoms with van der Waals surface area (Å²) in [7, 11) is 0. The zero-order chi connectivity index (χ0) is 8.67. The number of fused-ring (bicyclic) bond motifs is 3. The van der Waals surface area contributed by atoms with Crippen LogP contribution in [0.5, 0.6) is 0 Å². The summed E-state index contributed by atoms with van der Waals surface area (Å²) in [5.74, 6) is 0. The zero-order valence-electron chi connectivity index (χ0n) is 8.53. The summed E-state index contributed by atoms with van der Waals surface area (Å²) in [6, 6.07) is 17.3. The third kappa shape index (κ3) is 2.25. The Bertz CT molecular complexity index is 422. The van der Waals surface area contributed by atoms with Crippen molar-refractivity contribution >= 4 is 47.6 Å². The molecule has 0 aliphatic heterocycles. The largest absolute Gasteiger partial charge is 0.0619 e. The molecule has 0 saturated heterocycles. The molecular weight excluding hydrogens is 402 g/mol. The van der Waals surface area contributed by atoms with Crippen LogP contribution in [0.4, 0.5) is 0 Å². The molecule has 0 nitrogen and oxygen atoms in total. The molecule has 3 rings (SSSR count). The average Bonchev–Trinajstić information content (AvgIpc) is 2.56. The van der Waals surface area contributed by atoms with E-state index in [0.717, 1.165) is 6.42 Å². The first-order valence-electron chi connectivity index (χ1n) is 4.61. The Balaban J connectivity index is 0.000000562. The van der Waals surface area contributed by atoms with Gasteiger partial charge in [-0.2, -0.15) is 0 Å². The van der Waals surface area contributed by atoms with Crippen LogP contribution in [0.1, 0.15) is 11.1 Å². The summed E-state index contributed by atoms with van der Waals surface area (Å²) in [6.07, 6.45) is 1.10. The Hall–Kier alpha value is 0.0283. The van der Waals surface area contributed by atoms with E-state index in [1.54, 1.807) is 0 Å². The van der Waals surface area contributed by atoms with E-state index in [0.29, 0.717) is 0 Å². The van der Waals surface area contributed by atoms with Crippen molar-refractivity contribution in [3.63, 3.8) is 0 Å². The molecule has 2 heteroatoms. The van der Waals surface area contributed by atoms with Crippen molar-refractivity contribution in [2.24, 2.45) is 0 Å². The third-order valence-electron chi connectivity index (χ3n) is 2.71.